The molecule has 1 heterocycles. The Balaban J connectivity index is 1.66. The number of benzene rings is 1. The lowest BCUT2D eigenvalue weighted by Crippen LogP contribution is -2.20. The summed E-state index contributed by atoms with van der Waals surface area (Å²) in [6.07, 6.45) is 12.7. The third-order valence-corrected chi connectivity index (χ3v) is 4.27. The number of H-pyrrole nitrogens is 1. The monoisotopic (exact) mass is 285 g/mol. The molecule has 2 N–H and O–H groups in total. The summed E-state index contributed by atoms with van der Waals surface area (Å²) in [4.78, 5) is 14.2. The Bertz CT molecular complexity index is 603. The number of aromatic nitrogens is 2. The van der Waals surface area contributed by atoms with Crippen LogP contribution in [0.1, 0.15) is 44.9 Å². The van der Waals surface area contributed by atoms with E-state index in [1.54, 1.807) is 17.0 Å². The molecule has 2 aromatic rings. The Morgan fingerprint density at radius 2 is 1.67 bits per heavy atom. The standard InChI is InChI=1S/C17H23N3O/c21-17-18-12-13-20(17)16-10-8-15(9-11-16)19-14-6-4-2-1-3-5-7-14/h8-14,19H,1-7H2,(H,18,21). The second-order valence-electron chi connectivity index (χ2n) is 5.87. The normalized spacial score (nSPS) is 17.1. The van der Waals surface area contributed by atoms with E-state index in [0.717, 1.165) is 11.4 Å². The van der Waals surface area contributed by atoms with E-state index >= 15 is 0 Å². The number of nitrogens with zero attached hydrogens (tertiary/aromatic N) is 1. The number of imidazole rings is 1. The molecular weight excluding hydrogens is 262 g/mol. The van der Waals surface area contributed by atoms with Gasteiger partial charge >= 0.3 is 5.69 Å². The van der Waals surface area contributed by atoms with E-state index in [1.165, 1.54) is 44.9 Å². The quantitative estimate of drug-likeness (QED) is 0.903. The highest BCUT2D eigenvalue weighted by Crippen LogP contribution is 2.21. The van der Waals surface area contributed by atoms with Crippen LogP contribution < -0.4 is 11.0 Å². The van der Waals surface area contributed by atoms with Crippen molar-refractivity contribution in [3.63, 3.8) is 0 Å². The highest BCUT2D eigenvalue weighted by molar-refractivity contribution is 5.49. The Kier molecular flexibility index (Phi) is 4.43. The Morgan fingerprint density at radius 3 is 2.29 bits per heavy atom. The molecule has 0 bridgehead atoms. The molecule has 0 radical (unpaired) electrons. The summed E-state index contributed by atoms with van der Waals surface area (Å²) >= 11 is 0. The molecule has 0 aliphatic heterocycles. The van der Waals surface area contributed by atoms with Crippen LogP contribution in [0.2, 0.25) is 0 Å². The molecule has 0 spiro atoms. The maximum atomic E-state index is 11.6. The van der Waals surface area contributed by atoms with Crippen molar-refractivity contribution in [2.75, 3.05) is 5.32 Å². The van der Waals surface area contributed by atoms with Gasteiger partial charge in [-0.05, 0) is 37.1 Å². The molecule has 112 valence electrons. The van der Waals surface area contributed by atoms with Gasteiger partial charge in [-0.3, -0.25) is 4.57 Å². The van der Waals surface area contributed by atoms with Gasteiger partial charge in [0.2, 0.25) is 0 Å². The zero-order valence-electron chi connectivity index (χ0n) is 12.3. The number of aromatic amines is 1. The number of hydrogen-bond donors (Lipinski definition) is 2. The Morgan fingerprint density at radius 1 is 1.00 bits per heavy atom. The first-order chi connectivity index (χ1) is 10.3. The van der Waals surface area contributed by atoms with Gasteiger partial charge in [-0.1, -0.05) is 32.1 Å². The fraction of sp³-hybridized carbons (Fsp3) is 0.471. The summed E-state index contributed by atoms with van der Waals surface area (Å²) in [5.74, 6) is 0. The molecule has 1 saturated carbocycles. The fourth-order valence-electron chi connectivity index (χ4n) is 3.08. The minimum atomic E-state index is -0.101. The lowest BCUT2D eigenvalue weighted by Gasteiger charge is -2.22. The molecule has 0 amide bonds. The third kappa shape index (κ3) is 3.57. The highest BCUT2D eigenvalue weighted by Gasteiger charge is 2.11. The molecule has 4 nitrogen and oxygen atoms in total. The van der Waals surface area contributed by atoms with Crippen LogP contribution in [0.15, 0.2) is 41.5 Å². The van der Waals surface area contributed by atoms with E-state index in [1.807, 2.05) is 12.1 Å². The zero-order valence-corrected chi connectivity index (χ0v) is 12.3. The lowest BCUT2D eigenvalue weighted by atomic mass is 9.96. The van der Waals surface area contributed by atoms with E-state index in [0.29, 0.717) is 6.04 Å². The van der Waals surface area contributed by atoms with Crippen LogP contribution in [-0.4, -0.2) is 15.6 Å². The lowest BCUT2D eigenvalue weighted by molar-refractivity contribution is 0.471. The molecule has 1 aliphatic carbocycles. The summed E-state index contributed by atoms with van der Waals surface area (Å²) in [5, 5.41) is 3.64. The summed E-state index contributed by atoms with van der Waals surface area (Å²) in [6, 6.07) is 8.69. The summed E-state index contributed by atoms with van der Waals surface area (Å²) in [7, 11) is 0. The van der Waals surface area contributed by atoms with E-state index in [-0.39, 0.29) is 5.69 Å². The maximum Gasteiger partial charge on any atom is 0.330 e. The van der Waals surface area contributed by atoms with Gasteiger partial charge in [0.25, 0.3) is 0 Å². The van der Waals surface area contributed by atoms with Gasteiger partial charge in [0.1, 0.15) is 0 Å². The molecule has 3 rings (SSSR count). The smallest absolute Gasteiger partial charge is 0.330 e. The van der Waals surface area contributed by atoms with Gasteiger partial charge in [0.05, 0.1) is 5.69 Å². The van der Waals surface area contributed by atoms with E-state index in [2.05, 4.69) is 22.4 Å². The maximum absolute atomic E-state index is 11.6. The molecule has 1 fully saturated rings. The van der Waals surface area contributed by atoms with Crippen molar-refractivity contribution in [1.82, 2.24) is 9.55 Å². The van der Waals surface area contributed by atoms with Gasteiger partial charge in [0.15, 0.2) is 0 Å². The van der Waals surface area contributed by atoms with E-state index in [9.17, 15) is 4.79 Å². The van der Waals surface area contributed by atoms with Crippen molar-refractivity contribution in [1.29, 1.82) is 0 Å². The first-order valence-electron chi connectivity index (χ1n) is 7.96. The largest absolute Gasteiger partial charge is 0.382 e. The molecule has 21 heavy (non-hydrogen) atoms. The van der Waals surface area contributed by atoms with Crippen molar-refractivity contribution < 1.29 is 0 Å². The molecule has 1 aromatic carbocycles. The molecule has 0 unspecified atom stereocenters. The minimum Gasteiger partial charge on any atom is -0.382 e. The summed E-state index contributed by atoms with van der Waals surface area (Å²) in [5.41, 5.74) is 1.94. The van der Waals surface area contributed by atoms with E-state index in [4.69, 9.17) is 0 Å². The van der Waals surface area contributed by atoms with Crippen LogP contribution in [0.25, 0.3) is 5.69 Å². The van der Waals surface area contributed by atoms with Crippen molar-refractivity contribution in [3.05, 3.63) is 47.1 Å². The minimum absolute atomic E-state index is 0.101. The van der Waals surface area contributed by atoms with Crippen molar-refractivity contribution >= 4 is 5.69 Å². The van der Waals surface area contributed by atoms with Crippen LogP contribution in [0.4, 0.5) is 5.69 Å². The van der Waals surface area contributed by atoms with Gasteiger partial charge in [-0.2, -0.15) is 0 Å². The number of hydrogen-bond acceptors (Lipinski definition) is 2. The molecule has 1 aliphatic rings. The van der Waals surface area contributed by atoms with Gasteiger partial charge < -0.3 is 10.3 Å². The molecule has 0 saturated heterocycles. The van der Waals surface area contributed by atoms with Gasteiger partial charge in [-0.15, -0.1) is 0 Å². The van der Waals surface area contributed by atoms with Crippen LogP contribution in [0.5, 0.6) is 0 Å². The first kappa shape index (κ1) is 14.0. The Labute approximate surface area is 125 Å². The van der Waals surface area contributed by atoms with Crippen LogP contribution >= 0.6 is 0 Å². The second kappa shape index (κ2) is 6.66. The van der Waals surface area contributed by atoms with Crippen LogP contribution in [0.3, 0.4) is 0 Å². The van der Waals surface area contributed by atoms with Crippen LogP contribution in [-0.2, 0) is 0 Å². The summed E-state index contributed by atoms with van der Waals surface area (Å²) < 4.78 is 1.61. The Hall–Kier alpha value is -1.97. The summed E-state index contributed by atoms with van der Waals surface area (Å²) in [6.45, 7) is 0. The highest BCUT2D eigenvalue weighted by atomic mass is 16.1. The van der Waals surface area contributed by atoms with Crippen LogP contribution in [0, 0.1) is 0 Å². The SMILES string of the molecule is O=c1[nH]ccn1-c1ccc(NC2CCCCCCC2)cc1. The van der Waals surface area contributed by atoms with Crippen molar-refractivity contribution in [2.24, 2.45) is 0 Å². The van der Waals surface area contributed by atoms with Crippen molar-refractivity contribution in [3.8, 4) is 5.69 Å². The van der Waals surface area contributed by atoms with Gasteiger partial charge in [0, 0.05) is 24.1 Å². The number of nitrogens with one attached hydrogen (secondary N) is 2. The number of anilines is 1. The van der Waals surface area contributed by atoms with Gasteiger partial charge in [-0.25, -0.2) is 4.79 Å². The first-order valence-corrected chi connectivity index (χ1v) is 7.96. The third-order valence-electron chi connectivity index (χ3n) is 4.27. The predicted molar refractivity (Wildman–Crippen MR) is 86.1 cm³/mol. The predicted octanol–water partition coefficient (Wildman–Crippen LogP) is 3.69. The topological polar surface area (TPSA) is 49.8 Å². The fourth-order valence-corrected chi connectivity index (χ4v) is 3.08. The number of rotatable bonds is 3. The zero-order chi connectivity index (χ0) is 14.5. The molecular formula is C17H23N3O. The molecule has 0 atom stereocenters. The van der Waals surface area contributed by atoms with E-state index < -0.39 is 0 Å². The molecule has 4 heteroatoms. The second-order valence-corrected chi connectivity index (χ2v) is 5.87. The average molecular weight is 285 g/mol. The van der Waals surface area contributed by atoms with Crippen molar-refractivity contribution in [2.45, 2.75) is 51.0 Å². The average Bonchev–Trinajstić information content (AvgIpc) is 2.89. The molecule has 1 aromatic heterocycles.